The van der Waals surface area contributed by atoms with Crippen LogP contribution in [0.25, 0.3) is 11.0 Å². The summed E-state index contributed by atoms with van der Waals surface area (Å²) < 4.78 is 4.80. The van der Waals surface area contributed by atoms with Gasteiger partial charge in [0.25, 0.3) is 0 Å². The van der Waals surface area contributed by atoms with Crippen molar-refractivity contribution in [3.05, 3.63) is 12.1 Å². The van der Waals surface area contributed by atoms with Crippen LogP contribution in [0.1, 0.15) is 39.0 Å². The van der Waals surface area contributed by atoms with Crippen molar-refractivity contribution in [3.8, 4) is 0 Å². The molecule has 0 radical (unpaired) electrons. The van der Waals surface area contributed by atoms with Crippen molar-refractivity contribution < 1.29 is 4.63 Å². The second-order valence-corrected chi connectivity index (χ2v) is 5.62. The molecule has 2 atom stereocenters. The first-order chi connectivity index (χ1) is 9.24. The van der Waals surface area contributed by atoms with E-state index in [2.05, 4.69) is 22.6 Å². The Labute approximate surface area is 112 Å². The monoisotopic (exact) mass is 260 g/mol. The first-order valence-corrected chi connectivity index (χ1v) is 7.01. The van der Waals surface area contributed by atoms with Gasteiger partial charge < -0.3 is 11.1 Å². The van der Waals surface area contributed by atoms with Gasteiger partial charge in [0.15, 0.2) is 11.0 Å². The van der Waals surface area contributed by atoms with E-state index in [0.29, 0.717) is 17.2 Å². The van der Waals surface area contributed by atoms with Gasteiger partial charge in [-0.15, -0.1) is 0 Å². The summed E-state index contributed by atoms with van der Waals surface area (Å²) >= 11 is 0. The summed E-state index contributed by atoms with van der Waals surface area (Å²) in [5.74, 6) is 0.840. The number of anilines is 2. The molecule has 0 amide bonds. The molecule has 1 fully saturated rings. The molecule has 1 aliphatic rings. The van der Waals surface area contributed by atoms with Gasteiger partial charge in [-0.05, 0) is 47.6 Å². The van der Waals surface area contributed by atoms with Gasteiger partial charge in [0.2, 0.25) is 0 Å². The van der Waals surface area contributed by atoms with Gasteiger partial charge in [0, 0.05) is 6.04 Å². The lowest BCUT2D eigenvalue weighted by atomic mass is 10.0. The third kappa shape index (κ3) is 2.50. The number of nitrogens with zero attached hydrogens (tertiary/aromatic N) is 2. The molecule has 2 unspecified atom stereocenters. The van der Waals surface area contributed by atoms with Crippen molar-refractivity contribution in [1.29, 1.82) is 0 Å². The molecule has 1 aliphatic carbocycles. The highest BCUT2D eigenvalue weighted by atomic mass is 16.6. The number of benzene rings is 1. The van der Waals surface area contributed by atoms with Crippen molar-refractivity contribution in [3.63, 3.8) is 0 Å². The average molecular weight is 260 g/mol. The lowest BCUT2D eigenvalue weighted by molar-refractivity contribution is 0.315. The minimum atomic E-state index is 0.508. The van der Waals surface area contributed by atoms with Gasteiger partial charge in [-0.1, -0.05) is 19.8 Å². The molecule has 1 aromatic carbocycles. The van der Waals surface area contributed by atoms with E-state index in [-0.39, 0.29) is 0 Å². The molecular weight excluding hydrogens is 240 g/mol. The highest BCUT2D eigenvalue weighted by molar-refractivity contribution is 5.95. The van der Waals surface area contributed by atoms with E-state index < -0.39 is 0 Å². The smallest absolute Gasteiger partial charge is 0.160 e. The van der Waals surface area contributed by atoms with Crippen molar-refractivity contribution in [2.45, 2.75) is 45.1 Å². The Hall–Kier alpha value is -1.78. The Morgan fingerprint density at radius 1 is 1.16 bits per heavy atom. The predicted octanol–water partition coefficient (Wildman–Crippen LogP) is 3.19. The number of hydrogen-bond donors (Lipinski definition) is 2. The largest absolute Gasteiger partial charge is 0.397 e. The fourth-order valence-electron chi connectivity index (χ4n) is 2.85. The van der Waals surface area contributed by atoms with Crippen molar-refractivity contribution in [2.75, 3.05) is 11.1 Å². The number of aromatic nitrogens is 2. The number of nitrogens with two attached hydrogens (primary N) is 1. The van der Waals surface area contributed by atoms with E-state index in [4.69, 9.17) is 10.4 Å². The molecule has 0 aliphatic heterocycles. The van der Waals surface area contributed by atoms with Crippen molar-refractivity contribution >= 4 is 22.4 Å². The van der Waals surface area contributed by atoms with Crippen LogP contribution in [0.3, 0.4) is 0 Å². The third-order valence-electron chi connectivity index (χ3n) is 4.06. The summed E-state index contributed by atoms with van der Waals surface area (Å²) in [5.41, 5.74) is 8.82. The fourth-order valence-corrected chi connectivity index (χ4v) is 2.85. The van der Waals surface area contributed by atoms with Gasteiger partial charge in [0.05, 0.1) is 11.4 Å². The van der Waals surface area contributed by atoms with Crippen LogP contribution in [0.4, 0.5) is 11.4 Å². The molecule has 0 bridgehead atoms. The third-order valence-corrected chi connectivity index (χ3v) is 4.06. The molecule has 1 heterocycles. The van der Waals surface area contributed by atoms with Gasteiger partial charge >= 0.3 is 0 Å². The molecule has 1 aromatic heterocycles. The summed E-state index contributed by atoms with van der Waals surface area (Å²) in [6.45, 7) is 2.34. The molecule has 0 saturated heterocycles. The van der Waals surface area contributed by atoms with Crippen LogP contribution < -0.4 is 11.1 Å². The summed E-state index contributed by atoms with van der Waals surface area (Å²) in [6, 6.07) is 4.33. The molecule has 2 aromatic rings. The molecule has 1 saturated carbocycles. The maximum absolute atomic E-state index is 5.86. The van der Waals surface area contributed by atoms with Crippen LogP contribution >= 0.6 is 0 Å². The van der Waals surface area contributed by atoms with E-state index in [1.807, 2.05) is 12.1 Å². The minimum Gasteiger partial charge on any atom is -0.397 e. The molecule has 102 valence electrons. The summed E-state index contributed by atoms with van der Waals surface area (Å²) in [4.78, 5) is 0. The second kappa shape index (κ2) is 5.07. The van der Waals surface area contributed by atoms with E-state index in [0.717, 1.165) is 17.1 Å². The predicted molar refractivity (Wildman–Crippen MR) is 75.9 cm³/mol. The van der Waals surface area contributed by atoms with Crippen LogP contribution in [0.15, 0.2) is 16.8 Å². The zero-order valence-electron chi connectivity index (χ0n) is 11.2. The van der Waals surface area contributed by atoms with Crippen LogP contribution in [-0.2, 0) is 0 Å². The standard InChI is InChI=1S/C14H20N4O/c1-9-3-2-4-10(6-5-9)16-12-8-7-11(15)13-14(12)18-19-17-13/h7-10,16H,2-6,15H2,1H3. The highest BCUT2D eigenvalue weighted by Crippen LogP contribution is 2.29. The number of fused-ring (bicyclic) bond motifs is 1. The maximum Gasteiger partial charge on any atom is 0.160 e. The Kier molecular flexibility index (Phi) is 3.27. The van der Waals surface area contributed by atoms with Gasteiger partial charge in [-0.25, -0.2) is 4.63 Å². The summed E-state index contributed by atoms with van der Waals surface area (Å²) in [5, 5.41) is 11.4. The quantitative estimate of drug-likeness (QED) is 0.640. The highest BCUT2D eigenvalue weighted by Gasteiger charge is 2.18. The van der Waals surface area contributed by atoms with Crippen LogP contribution in [-0.4, -0.2) is 16.4 Å². The zero-order chi connectivity index (χ0) is 13.2. The topological polar surface area (TPSA) is 77.0 Å². The lowest BCUT2D eigenvalue weighted by Crippen LogP contribution is -2.18. The zero-order valence-corrected chi connectivity index (χ0v) is 11.2. The lowest BCUT2D eigenvalue weighted by Gasteiger charge is -2.17. The Balaban J connectivity index is 1.81. The van der Waals surface area contributed by atoms with Crippen LogP contribution in [0.2, 0.25) is 0 Å². The molecular formula is C14H20N4O. The van der Waals surface area contributed by atoms with Gasteiger partial charge in [-0.3, -0.25) is 0 Å². The first-order valence-electron chi connectivity index (χ1n) is 7.01. The molecule has 3 rings (SSSR count). The van der Waals surface area contributed by atoms with E-state index in [1.54, 1.807) is 0 Å². The number of nitrogens with one attached hydrogen (secondary N) is 1. The Morgan fingerprint density at radius 2 is 2.00 bits per heavy atom. The molecule has 0 spiro atoms. The van der Waals surface area contributed by atoms with E-state index in [9.17, 15) is 0 Å². The molecule has 3 N–H and O–H groups in total. The second-order valence-electron chi connectivity index (χ2n) is 5.62. The van der Waals surface area contributed by atoms with Gasteiger partial charge in [-0.2, -0.15) is 0 Å². The number of rotatable bonds is 2. The average Bonchev–Trinajstić information content (AvgIpc) is 2.81. The minimum absolute atomic E-state index is 0.508. The Morgan fingerprint density at radius 3 is 2.89 bits per heavy atom. The normalized spacial score (nSPS) is 24.3. The fraction of sp³-hybridized carbons (Fsp3) is 0.571. The van der Waals surface area contributed by atoms with Crippen LogP contribution in [0.5, 0.6) is 0 Å². The number of nitrogen functional groups attached to an aromatic ring is 1. The van der Waals surface area contributed by atoms with Crippen molar-refractivity contribution in [1.82, 2.24) is 10.3 Å². The van der Waals surface area contributed by atoms with E-state index >= 15 is 0 Å². The SMILES string of the molecule is CC1CCCC(Nc2ccc(N)c3nonc23)CC1. The first kappa shape index (κ1) is 12.3. The molecule has 5 heteroatoms. The van der Waals surface area contributed by atoms with Crippen molar-refractivity contribution in [2.24, 2.45) is 5.92 Å². The summed E-state index contributed by atoms with van der Waals surface area (Å²) in [6.07, 6.45) is 6.32. The molecule has 19 heavy (non-hydrogen) atoms. The van der Waals surface area contributed by atoms with Gasteiger partial charge in [0.1, 0.15) is 0 Å². The maximum atomic E-state index is 5.86. The summed E-state index contributed by atoms with van der Waals surface area (Å²) in [7, 11) is 0. The Bertz CT molecular complexity index is 566. The van der Waals surface area contributed by atoms with Crippen LogP contribution in [0, 0.1) is 5.92 Å². The van der Waals surface area contributed by atoms with E-state index in [1.165, 1.54) is 32.1 Å². The number of hydrogen-bond acceptors (Lipinski definition) is 5. The molecule has 5 nitrogen and oxygen atoms in total.